The summed E-state index contributed by atoms with van der Waals surface area (Å²) in [6.07, 6.45) is 1.43. The smallest absolute Gasteiger partial charge is 0.244 e. The molecule has 0 aliphatic carbocycles. The van der Waals surface area contributed by atoms with Crippen LogP contribution in [0.5, 0.6) is 5.88 Å². The topological polar surface area (TPSA) is 94.6 Å². The van der Waals surface area contributed by atoms with E-state index in [1.165, 1.54) is 16.3 Å². The van der Waals surface area contributed by atoms with Gasteiger partial charge in [0.2, 0.25) is 11.8 Å². The van der Waals surface area contributed by atoms with E-state index in [-0.39, 0.29) is 35.5 Å². The number of aryl methyl sites for hydroxylation is 1. The lowest BCUT2D eigenvalue weighted by Crippen LogP contribution is -2.53. The molecule has 6 rings (SSSR count). The first kappa shape index (κ1) is 20.9. The summed E-state index contributed by atoms with van der Waals surface area (Å²) in [7, 11) is 1.45. The van der Waals surface area contributed by atoms with E-state index >= 15 is 4.39 Å². The molecule has 2 aliphatic heterocycles. The molecule has 0 bridgehead atoms. The summed E-state index contributed by atoms with van der Waals surface area (Å²) in [5.41, 5.74) is 1.97. The Labute approximate surface area is 201 Å². The van der Waals surface area contributed by atoms with Crippen LogP contribution in [-0.4, -0.2) is 86.7 Å². The second-order valence-corrected chi connectivity index (χ2v) is 8.86. The van der Waals surface area contributed by atoms with Crippen molar-refractivity contribution in [2.75, 3.05) is 45.4 Å². The highest BCUT2D eigenvalue weighted by Gasteiger charge is 2.30. The SMILES string of the molecule is [2H]c1c(F)c(-c2ccc3nnn(CCF)c3c2)c2c(OC)nc(NC3CCN(C4COC4)CC3)nn12. The zero-order chi connectivity index (χ0) is 24.8. The average Bonchev–Trinajstić information content (AvgIpc) is 3.37. The molecule has 4 aromatic rings. The van der Waals surface area contributed by atoms with Gasteiger partial charge in [0.1, 0.15) is 17.7 Å². The lowest BCUT2D eigenvalue weighted by molar-refractivity contribution is -0.0705. The molecule has 3 aromatic heterocycles. The molecule has 1 N–H and O–H groups in total. The van der Waals surface area contributed by atoms with Crippen molar-refractivity contribution in [1.29, 1.82) is 0 Å². The highest BCUT2D eigenvalue weighted by atomic mass is 19.1. The number of nitrogens with zero attached hydrogens (tertiary/aromatic N) is 7. The number of anilines is 1. The van der Waals surface area contributed by atoms with Gasteiger partial charge < -0.3 is 14.8 Å². The molecule has 0 atom stereocenters. The van der Waals surface area contributed by atoms with Gasteiger partial charge in [-0.1, -0.05) is 11.3 Å². The van der Waals surface area contributed by atoms with Gasteiger partial charge in [-0.2, -0.15) is 4.98 Å². The molecule has 0 unspecified atom stereocenters. The van der Waals surface area contributed by atoms with Crippen molar-refractivity contribution < 1.29 is 19.6 Å². The average molecular weight is 486 g/mol. The fourth-order valence-corrected chi connectivity index (χ4v) is 4.81. The van der Waals surface area contributed by atoms with Gasteiger partial charge in [0.05, 0.1) is 51.5 Å². The van der Waals surface area contributed by atoms with Crippen LogP contribution in [0.1, 0.15) is 14.2 Å². The molecule has 184 valence electrons. The maximum absolute atomic E-state index is 15.5. The molecule has 2 aliphatic rings. The first-order valence-electron chi connectivity index (χ1n) is 12.2. The van der Waals surface area contributed by atoms with Crippen molar-refractivity contribution in [2.45, 2.75) is 31.5 Å². The van der Waals surface area contributed by atoms with Gasteiger partial charge in [0.15, 0.2) is 5.82 Å². The third-order valence-corrected chi connectivity index (χ3v) is 6.77. The number of nitrogens with one attached hydrogen (secondary N) is 1. The molecule has 1 aromatic carbocycles. The number of ether oxygens (including phenoxy) is 2. The van der Waals surface area contributed by atoms with Crippen molar-refractivity contribution in [3.05, 3.63) is 30.2 Å². The van der Waals surface area contributed by atoms with E-state index in [4.69, 9.17) is 10.8 Å². The van der Waals surface area contributed by atoms with Gasteiger partial charge in [-0.3, -0.25) is 4.90 Å². The van der Waals surface area contributed by atoms with E-state index < -0.39 is 18.7 Å². The Hall–Kier alpha value is -3.38. The number of benzene rings is 1. The number of aromatic nitrogens is 6. The highest BCUT2D eigenvalue weighted by Crippen LogP contribution is 2.35. The normalized spacial score (nSPS) is 18.2. The van der Waals surface area contributed by atoms with Crippen LogP contribution in [0.25, 0.3) is 27.7 Å². The Kier molecular flexibility index (Phi) is 5.39. The van der Waals surface area contributed by atoms with Crippen LogP contribution in [-0.2, 0) is 11.3 Å². The molecule has 0 spiro atoms. The van der Waals surface area contributed by atoms with Gasteiger partial charge >= 0.3 is 0 Å². The molecule has 0 saturated carbocycles. The third kappa shape index (κ3) is 3.96. The summed E-state index contributed by atoms with van der Waals surface area (Å²) in [6, 6.07) is 5.71. The molecule has 2 fully saturated rings. The highest BCUT2D eigenvalue weighted by molar-refractivity contribution is 5.89. The predicted octanol–water partition coefficient (Wildman–Crippen LogP) is 2.53. The number of rotatable bonds is 7. The number of halogens is 2. The standard InChI is InChI=1S/C23H26F2N8O2/c1-34-22-21-20(14-2-3-18-19(10-14)32(9-6-24)30-28-18)17(25)11-33(21)29-23(27-22)26-15-4-7-31(8-5-15)16-12-35-13-16/h2-3,10-11,15-16H,4-9,12-13H2,1H3,(H,26,29)/i11D. The van der Waals surface area contributed by atoms with E-state index in [0.717, 1.165) is 39.1 Å². The van der Waals surface area contributed by atoms with E-state index in [2.05, 4.69) is 30.6 Å². The maximum Gasteiger partial charge on any atom is 0.244 e. The number of alkyl halides is 1. The minimum absolute atomic E-state index is 0.0391. The van der Waals surface area contributed by atoms with Crippen LogP contribution in [0, 0.1) is 5.82 Å². The minimum Gasteiger partial charge on any atom is -0.479 e. The fraction of sp³-hybridized carbons (Fsp3) is 0.478. The molecule has 2 saturated heterocycles. The Morgan fingerprint density at radius 3 is 2.83 bits per heavy atom. The largest absolute Gasteiger partial charge is 0.479 e. The second kappa shape index (κ2) is 9.00. The molecule has 12 heteroatoms. The third-order valence-electron chi connectivity index (χ3n) is 6.77. The zero-order valence-electron chi connectivity index (χ0n) is 20.2. The maximum atomic E-state index is 15.5. The van der Waals surface area contributed by atoms with Crippen molar-refractivity contribution in [2.24, 2.45) is 0 Å². The number of fused-ring (bicyclic) bond motifs is 2. The van der Waals surface area contributed by atoms with Crippen molar-refractivity contribution in [3.8, 4) is 17.0 Å². The van der Waals surface area contributed by atoms with Crippen molar-refractivity contribution >= 4 is 22.5 Å². The van der Waals surface area contributed by atoms with Crippen molar-refractivity contribution in [3.63, 3.8) is 0 Å². The summed E-state index contributed by atoms with van der Waals surface area (Å²) in [5, 5.41) is 15.8. The Morgan fingerprint density at radius 1 is 1.29 bits per heavy atom. The van der Waals surface area contributed by atoms with Gasteiger partial charge in [0, 0.05) is 19.1 Å². The molecule has 35 heavy (non-hydrogen) atoms. The molecular weight excluding hydrogens is 458 g/mol. The quantitative estimate of drug-likeness (QED) is 0.427. The number of hydrogen-bond acceptors (Lipinski definition) is 8. The second-order valence-electron chi connectivity index (χ2n) is 8.86. The monoisotopic (exact) mass is 485 g/mol. The lowest BCUT2D eigenvalue weighted by Gasteiger charge is -2.41. The molecule has 0 radical (unpaired) electrons. The molecule has 10 nitrogen and oxygen atoms in total. The van der Waals surface area contributed by atoms with Crippen LogP contribution in [0.4, 0.5) is 14.7 Å². The number of hydrogen-bond donors (Lipinski definition) is 1. The minimum atomic E-state index is -0.750. The summed E-state index contributed by atoms with van der Waals surface area (Å²) in [5.74, 6) is -0.320. The van der Waals surface area contributed by atoms with Crippen LogP contribution in [0.2, 0.25) is 0 Å². The number of methoxy groups -OCH3 is 1. The Bertz CT molecular complexity index is 1410. The van der Waals surface area contributed by atoms with Crippen molar-refractivity contribution in [1.82, 2.24) is 34.5 Å². The van der Waals surface area contributed by atoms with Gasteiger partial charge in [0.25, 0.3) is 0 Å². The summed E-state index contributed by atoms with van der Waals surface area (Å²) >= 11 is 0. The number of likely N-dealkylation sites (tertiary alicyclic amines) is 1. The van der Waals surface area contributed by atoms with E-state index in [9.17, 15) is 4.39 Å². The molecular formula is C23H26F2N8O2. The number of piperidine rings is 1. The van der Waals surface area contributed by atoms with Crippen LogP contribution in [0.3, 0.4) is 0 Å². The molecule has 0 amide bonds. The van der Waals surface area contributed by atoms with Crippen LogP contribution < -0.4 is 10.1 Å². The summed E-state index contributed by atoms with van der Waals surface area (Å²) in [4.78, 5) is 6.94. The summed E-state index contributed by atoms with van der Waals surface area (Å²) < 4.78 is 50.3. The van der Waals surface area contributed by atoms with E-state index in [1.54, 1.807) is 18.2 Å². The van der Waals surface area contributed by atoms with Gasteiger partial charge in [-0.25, -0.2) is 18.0 Å². The zero-order valence-corrected chi connectivity index (χ0v) is 19.2. The fourth-order valence-electron chi connectivity index (χ4n) is 4.81. The van der Waals surface area contributed by atoms with Crippen LogP contribution >= 0.6 is 0 Å². The summed E-state index contributed by atoms with van der Waals surface area (Å²) in [6.45, 7) is 2.93. The Balaban J connectivity index is 1.34. The Morgan fingerprint density at radius 2 is 2.11 bits per heavy atom. The van der Waals surface area contributed by atoms with E-state index in [0.29, 0.717) is 22.6 Å². The predicted molar refractivity (Wildman–Crippen MR) is 125 cm³/mol. The first-order chi connectivity index (χ1) is 17.6. The van der Waals surface area contributed by atoms with Gasteiger partial charge in [-0.15, -0.1) is 10.2 Å². The van der Waals surface area contributed by atoms with Crippen LogP contribution in [0.15, 0.2) is 24.4 Å². The molecule has 5 heterocycles. The first-order valence-corrected chi connectivity index (χ1v) is 11.7. The lowest BCUT2D eigenvalue weighted by atomic mass is 10.0. The van der Waals surface area contributed by atoms with E-state index in [1.807, 2.05) is 0 Å². The van der Waals surface area contributed by atoms with Gasteiger partial charge in [-0.05, 0) is 30.5 Å².